The summed E-state index contributed by atoms with van der Waals surface area (Å²) >= 11 is 0. The minimum Gasteiger partial charge on any atom is -0.497 e. The molecule has 0 bridgehead atoms. The standard InChI is InChI=1S/C27H29NO2/c1-26(2)19-27(3,21-10-6-5-7-11-21)23-12-8-9-13-24(23)28(26)25(29)18-20-14-16-22(30-4)17-15-20/h5-17H,18-19H2,1-4H3. The highest BCUT2D eigenvalue weighted by molar-refractivity contribution is 5.98. The summed E-state index contributed by atoms with van der Waals surface area (Å²) < 4.78 is 5.24. The number of carbonyl (C=O) groups excluding carboxylic acids is 1. The summed E-state index contributed by atoms with van der Waals surface area (Å²) in [6, 6.07) is 26.7. The number of ether oxygens (including phenoxy) is 1. The fourth-order valence-corrected chi connectivity index (χ4v) is 5.03. The molecule has 1 aliphatic heterocycles. The first-order chi connectivity index (χ1) is 14.3. The van der Waals surface area contributed by atoms with Crippen molar-refractivity contribution in [3.05, 3.63) is 95.6 Å². The number of methoxy groups -OCH3 is 1. The van der Waals surface area contributed by atoms with Gasteiger partial charge in [-0.25, -0.2) is 0 Å². The predicted molar refractivity (Wildman–Crippen MR) is 122 cm³/mol. The fraction of sp³-hybridized carbons (Fsp3) is 0.296. The lowest BCUT2D eigenvalue weighted by atomic mass is 9.65. The van der Waals surface area contributed by atoms with Crippen LogP contribution < -0.4 is 9.64 Å². The normalized spacial score (nSPS) is 19.8. The molecule has 3 nitrogen and oxygen atoms in total. The van der Waals surface area contributed by atoms with Crippen LogP contribution in [0.5, 0.6) is 5.75 Å². The molecule has 0 saturated carbocycles. The second kappa shape index (κ2) is 7.64. The summed E-state index contributed by atoms with van der Waals surface area (Å²) in [5.74, 6) is 0.918. The Labute approximate surface area is 179 Å². The van der Waals surface area contributed by atoms with Crippen molar-refractivity contribution in [3.8, 4) is 5.75 Å². The highest BCUT2D eigenvalue weighted by Crippen LogP contribution is 2.50. The highest BCUT2D eigenvalue weighted by atomic mass is 16.5. The summed E-state index contributed by atoms with van der Waals surface area (Å²) in [5.41, 5.74) is 4.02. The van der Waals surface area contributed by atoms with E-state index in [-0.39, 0.29) is 16.9 Å². The molecule has 3 aromatic rings. The van der Waals surface area contributed by atoms with Crippen molar-refractivity contribution in [2.24, 2.45) is 0 Å². The van der Waals surface area contributed by atoms with Crippen LogP contribution in [-0.2, 0) is 16.6 Å². The van der Waals surface area contributed by atoms with Gasteiger partial charge in [-0.1, -0.05) is 67.6 Å². The van der Waals surface area contributed by atoms with Crippen LogP contribution in [0.3, 0.4) is 0 Å². The number of fused-ring (bicyclic) bond motifs is 1. The van der Waals surface area contributed by atoms with Crippen molar-refractivity contribution >= 4 is 11.6 Å². The molecule has 0 spiro atoms. The number of para-hydroxylation sites is 1. The van der Waals surface area contributed by atoms with Gasteiger partial charge in [0.1, 0.15) is 5.75 Å². The summed E-state index contributed by atoms with van der Waals surface area (Å²) in [6.45, 7) is 6.65. The first-order valence-corrected chi connectivity index (χ1v) is 10.5. The summed E-state index contributed by atoms with van der Waals surface area (Å²) in [5, 5.41) is 0. The predicted octanol–water partition coefficient (Wildman–Crippen LogP) is 5.76. The van der Waals surface area contributed by atoms with Crippen molar-refractivity contribution in [1.82, 2.24) is 0 Å². The van der Waals surface area contributed by atoms with Gasteiger partial charge in [0.15, 0.2) is 0 Å². The van der Waals surface area contributed by atoms with Crippen LogP contribution >= 0.6 is 0 Å². The third-order valence-electron chi connectivity index (χ3n) is 6.31. The Bertz CT molecular complexity index is 1040. The quantitative estimate of drug-likeness (QED) is 0.558. The smallest absolute Gasteiger partial charge is 0.231 e. The van der Waals surface area contributed by atoms with E-state index in [4.69, 9.17) is 4.74 Å². The largest absolute Gasteiger partial charge is 0.497 e. The van der Waals surface area contributed by atoms with Crippen LogP contribution in [0.1, 0.15) is 43.9 Å². The second-order valence-electron chi connectivity index (χ2n) is 8.96. The SMILES string of the molecule is COc1ccc(CC(=O)N2c3ccccc3C(C)(c3ccccc3)CC2(C)C)cc1. The molecule has 4 rings (SSSR count). The van der Waals surface area contributed by atoms with E-state index >= 15 is 0 Å². The number of carbonyl (C=O) groups is 1. The molecule has 3 heteroatoms. The Hall–Kier alpha value is -3.07. The molecule has 0 aromatic heterocycles. The maximum absolute atomic E-state index is 13.5. The summed E-state index contributed by atoms with van der Waals surface area (Å²) in [6.07, 6.45) is 1.22. The molecule has 154 valence electrons. The average molecular weight is 400 g/mol. The van der Waals surface area contributed by atoms with E-state index in [9.17, 15) is 4.79 Å². The maximum Gasteiger partial charge on any atom is 0.231 e. The molecular weight excluding hydrogens is 370 g/mol. The minimum atomic E-state index is -0.317. The Morgan fingerprint density at radius 1 is 0.900 bits per heavy atom. The first-order valence-electron chi connectivity index (χ1n) is 10.5. The molecule has 30 heavy (non-hydrogen) atoms. The van der Waals surface area contributed by atoms with Gasteiger partial charge in [-0.15, -0.1) is 0 Å². The summed E-state index contributed by atoms with van der Waals surface area (Å²) in [7, 11) is 1.65. The van der Waals surface area contributed by atoms with Gasteiger partial charge < -0.3 is 9.64 Å². The molecule has 1 aliphatic rings. The highest BCUT2D eigenvalue weighted by Gasteiger charge is 2.47. The van der Waals surface area contributed by atoms with Crippen molar-refractivity contribution in [3.63, 3.8) is 0 Å². The van der Waals surface area contributed by atoms with Crippen molar-refractivity contribution in [1.29, 1.82) is 0 Å². The second-order valence-corrected chi connectivity index (χ2v) is 8.96. The van der Waals surface area contributed by atoms with Crippen LogP contribution in [0.4, 0.5) is 5.69 Å². The van der Waals surface area contributed by atoms with E-state index in [2.05, 4.69) is 69.3 Å². The molecule has 1 unspecified atom stereocenters. The molecule has 0 aliphatic carbocycles. The lowest BCUT2D eigenvalue weighted by molar-refractivity contribution is -0.119. The number of anilines is 1. The molecule has 0 fully saturated rings. The fourth-order valence-electron chi connectivity index (χ4n) is 5.03. The molecule has 0 N–H and O–H groups in total. The van der Waals surface area contributed by atoms with Gasteiger partial charge in [0.05, 0.1) is 13.5 Å². The number of benzene rings is 3. The Morgan fingerprint density at radius 2 is 1.53 bits per heavy atom. The summed E-state index contributed by atoms with van der Waals surface area (Å²) in [4.78, 5) is 15.6. The van der Waals surface area contributed by atoms with Gasteiger partial charge in [-0.05, 0) is 55.2 Å². The van der Waals surface area contributed by atoms with Gasteiger partial charge in [0.25, 0.3) is 0 Å². The van der Waals surface area contributed by atoms with Crippen LogP contribution in [-0.4, -0.2) is 18.6 Å². The number of amides is 1. The van der Waals surface area contributed by atoms with Gasteiger partial charge in [-0.3, -0.25) is 4.79 Å². The van der Waals surface area contributed by atoms with E-state index in [1.54, 1.807) is 7.11 Å². The molecule has 1 heterocycles. The number of hydrogen-bond donors (Lipinski definition) is 0. The van der Waals surface area contributed by atoms with Crippen molar-refractivity contribution in [2.75, 3.05) is 12.0 Å². The Kier molecular flexibility index (Phi) is 5.15. The first kappa shape index (κ1) is 20.2. The number of rotatable bonds is 4. The molecule has 1 amide bonds. The topological polar surface area (TPSA) is 29.5 Å². The van der Waals surface area contributed by atoms with Gasteiger partial charge in [0.2, 0.25) is 5.91 Å². The van der Waals surface area contributed by atoms with E-state index < -0.39 is 0 Å². The number of hydrogen-bond acceptors (Lipinski definition) is 2. The molecular formula is C27H29NO2. The van der Waals surface area contributed by atoms with Crippen molar-refractivity contribution < 1.29 is 9.53 Å². The Morgan fingerprint density at radius 3 is 2.20 bits per heavy atom. The average Bonchev–Trinajstić information content (AvgIpc) is 2.74. The number of nitrogens with zero attached hydrogens (tertiary/aromatic N) is 1. The van der Waals surface area contributed by atoms with Gasteiger partial charge >= 0.3 is 0 Å². The molecule has 0 radical (unpaired) electrons. The lowest BCUT2D eigenvalue weighted by Gasteiger charge is -2.51. The van der Waals surface area contributed by atoms with E-state index in [0.29, 0.717) is 6.42 Å². The molecule has 0 saturated heterocycles. The van der Waals surface area contributed by atoms with Crippen LogP contribution in [0.15, 0.2) is 78.9 Å². The van der Waals surface area contributed by atoms with E-state index in [1.807, 2.05) is 35.2 Å². The third kappa shape index (κ3) is 3.49. The lowest BCUT2D eigenvalue weighted by Crippen LogP contribution is -2.56. The van der Waals surface area contributed by atoms with Crippen LogP contribution in [0, 0.1) is 0 Å². The molecule has 1 atom stereocenters. The molecule has 3 aromatic carbocycles. The van der Waals surface area contributed by atoms with Crippen LogP contribution in [0.25, 0.3) is 0 Å². The van der Waals surface area contributed by atoms with E-state index in [1.165, 1.54) is 11.1 Å². The van der Waals surface area contributed by atoms with Crippen molar-refractivity contribution in [2.45, 2.75) is 44.6 Å². The maximum atomic E-state index is 13.5. The zero-order chi connectivity index (χ0) is 21.4. The zero-order valence-electron chi connectivity index (χ0n) is 18.2. The van der Waals surface area contributed by atoms with Gasteiger partial charge in [-0.2, -0.15) is 0 Å². The zero-order valence-corrected chi connectivity index (χ0v) is 18.2. The van der Waals surface area contributed by atoms with E-state index in [0.717, 1.165) is 23.4 Å². The third-order valence-corrected chi connectivity index (χ3v) is 6.31. The Balaban J connectivity index is 1.74. The minimum absolute atomic E-state index is 0.118. The monoisotopic (exact) mass is 399 g/mol. The van der Waals surface area contributed by atoms with Crippen LogP contribution in [0.2, 0.25) is 0 Å². The van der Waals surface area contributed by atoms with Gasteiger partial charge in [0, 0.05) is 16.6 Å².